The van der Waals surface area contributed by atoms with Crippen LogP contribution < -0.4 is 0 Å². The molecule has 0 aromatic carbocycles. The number of nitro groups is 1. The molecule has 0 aliphatic rings. The highest BCUT2D eigenvalue weighted by atomic mass is 16.6. The third-order valence-electron chi connectivity index (χ3n) is 2.85. The molecular formula is C12H19N3O3. The predicted octanol–water partition coefficient (Wildman–Crippen LogP) is 2.29. The van der Waals surface area contributed by atoms with E-state index < -0.39 is 0 Å². The molecule has 0 spiro atoms. The van der Waals surface area contributed by atoms with Gasteiger partial charge in [0.25, 0.3) is 0 Å². The van der Waals surface area contributed by atoms with Gasteiger partial charge >= 0.3 is 5.69 Å². The number of hydrogen-bond donors (Lipinski definition) is 0. The van der Waals surface area contributed by atoms with Crippen LogP contribution in [0.25, 0.3) is 0 Å². The molecular weight excluding hydrogens is 234 g/mol. The number of aryl methyl sites for hydroxylation is 2. The molecule has 0 saturated carbocycles. The van der Waals surface area contributed by atoms with Crippen LogP contribution in [0.1, 0.15) is 45.0 Å². The summed E-state index contributed by atoms with van der Waals surface area (Å²) in [7, 11) is 0. The van der Waals surface area contributed by atoms with E-state index in [1.165, 1.54) is 0 Å². The van der Waals surface area contributed by atoms with Crippen LogP contribution in [0.2, 0.25) is 0 Å². The number of hydrogen-bond acceptors (Lipinski definition) is 4. The van der Waals surface area contributed by atoms with Gasteiger partial charge in [-0.25, -0.2) is 0 Å². The Labute approximate surface area is 106 Å². The summed E-state index contributed by atoms with van der Waals surface area (Å²) < 4.78 is 1.68. The van der Waals surface area contributed by atoms with Crippen LogP contribution in [0.5, 0.6) is 0 Å². The molecule has 1 aromatic heterocycles. The maximum atomic E-state index is 11.1. The molecule has 1 heterocycles. The second-order valence-electron chi connectivity index (χ2n) is 4.23. The molecule has 0 atom stereocenters. The average Bonchev–Trinajstić information content (AvgIpc) is 2.66. The van der Waals surface area contributed by atoms with E-state index in [1.54, 1.807) is 11.6 Å². The highest BCUT2D eigenvalue weighted by Crippen LogP contribution is 2.24. The second-order valence-corrected chi connectivity index (χ2v) is 4.23. The van der Waals surface area contributed by atoms with Gasteiger partial charge in [-0.2, -0.15) is 5.10 Å². The summed E-state index contributed by atoms with van der Waals surface area (Å²) in [5, 5.41) is 15.3. The van der Waals surface area contributed by atoms with Crippen LogP contribution in [-0.2, 0) is 24.2 Å². The first-order valence-electron chi connectivity index (χ1n) is 6.23. The summed E-state index contributed by atoms with van der Waals surface area (Å²) >= 11 is 0. The van der Waals surface area contributed by atoms with Crippen molar-refractivity contribution in [3.05, 3.63) is 21.5 Å². The first kappa shape index (κ1) is 14.3. The van der Waals surface area contributed by atoms with Gasteiger partial charge in [0, 0.05) is 13.0 Å². The Balaban J connectivity index is 2.97. The van der Waals surface area contributed by atoms with E-state index in [2.05, 4.69) is 5.10 Å². The number of ketones is 1. The van der Waals surface area contributed by atoms with Crippen molar-refractivity contribution in [2.45, 2.75) is 53.0 Å². The summed E-state index contributed by atoms with van der Waals surface area (Å²) in [5.74, 6) is 0.130. The summed E-state index contributed by atoms with van der Waals surface area (Å²) in [6.07, 6.45) is 2.27. The smallest absolute Gasteiger partial charge is 0.300 e. The molecule has 6 heteroatoms. The zero-order chi connectivity index (χ0) is 13.7. The second kappa shape index (κ2) is 6.28. The molecule has 0 fully saturated rings. The number of carbonyl (C=O) groups is 1. The third-order valence-corrected chi connectivity index (χ3v) is 2.85. The van der Waals surface area contributed by atoms with Crippen LogP contribution in [0, 0.1) is 10.1 Å². The summed E-state index contributed by atoms with van der Waals surface area (Å²) in [5.41, 5.74) is 1.32. The molecule has 18 heavy (non-hydrogen) atoms. The van der Waals surface area contributed by atoms with Gasteiger partial charge in [-0.3, -0.25) is 14.8 Å². The summed E-state index contributed by atoms with van der Waals surface area (Å²) in [6, 6.07) is 0. The van der Waals surface area contributed by atoms with Gasteiger partial charge in [0.2, 0.25) is 0 Å². The molecule has 0 unspecified atom stereocenters. The molecule has 1 aromatic rings. The molecule has 0 saturated heterocycles. The fraction of sp³-hybridized carbons (Fsp3) is 0.667. The van der Waals surface area contributed by atoms with Crippen molar-refractivity contribution in [1.29, 1.82) is 0 Å². The van der Waals surface area contributed by atoms with Crippen LogP contribution in [0.15, 0.2) is 0 Å². The quantitative estimate of drug-likeness (QED) is 0.551. The van der Waals surface area contributed by atoms with E-state index in [9.17, 15) is 14.9 Å². The third kappa shape index (κ3) is 3.15. The monoisotopic (exact) mass is 253 g/mol. The molecule has 1 rings (SSSR count). The Kier molecular flexibility index (Phi) is 5.00. The Hall–Kier alpha value is -1.72. The van der Waals surface area contributed by atoms with Crippen LogP contribution in [0.3, 0.4) is 0 Å². The highest BCUT2D eigenvalue weighted by Gasteiger charge is 2.24. The molecule has 0 aliphatic heterocycles. The molecule has 6 nitrogen and oxygen atoms in total. The van der Waals surface area contributed by atoms with Crippen molar-refractivity contribution < 1.29 is 9.72 Å². The first-order chi connectivity index (χ1) is 8.51. The molecule has 0 aliphatic carbocycles. The lowest BCUT2D eigenvalue weighted by atomic mass is 10.2. The minimum atomic E-state index is -0.355. The van der Waals surface area contributed by atoms with E-state index in [0.29, 0.717) is 43.6 Å². The van der Waals surface area contributed by atoms with Gasteiger partial charge < -0.3 is 4.79 Å². The van der Waals surface area contributed by atoms with Gasteiger partial charge in [-0.15, -0.1) is 0 Å². The standard InChI is InChI=1S/C12H19N3O3/c1-4-10-12(15(17)18)11(5-2)14(13-10)8-6-7-9(3)16/h4-8H2,1-3H3. The summed E-state index contributed by atoms with van der Waals surface area (Å²) in [4.78, 5) is 21.6. The predicted molar refractivity (Wildman–Crippen MR) is 67.6 cm³/mol. The van der Waals surface area contributed by atoms with Gasteiger partial charge in [-0.05, 0) is 26.2 Å². The van der Waals surface area contributed by atoms with Crippen LogP contribution >= 0.6 is 0 Å². The van der Waals surface area contributed by atoms with E-state index in [0.717, 1.165) is 0 Å². The summed E-state index contributed by atoms with van der Waals surface area (Å²) in [6.45, 7) is 5.84. The topological polar surface area (TPSA) is 78.0 Å². The fourth-order valence-electron chi connectivity index (χ4n) is 2.00. The Morgan fingerprint density at radius 2 is 2.06 bits per heavy atom. The van der Waals surface area contributed by atoms with E-state index in [-0.39, 0.29) is 16.4 Å². The van der Waals surface area contributed by atoms with Crippen molar-refractivity contribution in [3.8, 4) is 0 Å². The van der Waals surface area contributed by atoms with Gasteiger partial charge in [-0.1, -0.05) is 13.8 Å². The normalized spacial score (nSPS) is 10.6. The number of Topliss-reactive ketones (excluding diaryl/α,β-unsaturated/α-hetero) is 1. The van der Waals surface area contributed by atoms with Crippen molar-refractivity contribution in [3.63, 3.8) is 0 Å². The molecule has 0 bridgehead atoms. The van der Waals surface area contributed by atoms with Gasteiger partial charge in [0.1, 0.15) is 17.2 Å². The lowest BCUT2D eigenvalue weighted by Crippen LogP contribution is -2.06. The average molecular weight is 253 g/mol. The number of carbonyl (C=O) groups excluding carboxylic acids is 1. The molecule has 100 valence electrons. The van der Waals surface area contributed by atoms with Gasteiger partial charge in [0.15, 0.2) is 0 Å². The number of aromatic nitrogens is 2. The number of rotatable bonds is 7. The SMILES string of the molecule is CCc1nn(CCCC(C)=O)c(CC)c1[N+](=O)[O-]. The Bertz CT molecular complexity index is 452. The van der Waals surface area contributed by atoms with Crippen molar-refractivity contribution >= 4 is 11.5 Å². The lowest BCUT2D eigenvalue weighted by molar-refractivity contribution is -0.386. The van der Waals surface area contributed by atoms with Gasteiger partial charge in [0.05, 0.1) is 4.92 Å². The zero-order valence-electron chi connectivity index (χ0n) is 11.1. The Morgan fingerprint density at radius 1 is 1.39 bits per heavy atom. The van der Waals surface area contributed by atoms with Crippen LogP contribution in [-0.4, -0.2) is 20.5 Å². The zero-order valence-corrected chi connectivity index (χ0v) is 11.1. The number of nitrogens with zero attached hydrogens (tertiary/aromatic N) is 3. The van der Waals surface area contributed by atoms with E-state index in [1.807, 2.05) is 13.8 Å². The van der Waals surface area contributed by atoms with E-state index in [4.69, 9.17) is 0 Å². The molecule has 0 N–H and O–H groups in total. The van der Waals surface area contributed by atoms with Crippen molar-refractivity contribution in [1.82, 2.24) is 9.78 Å². The largest absolute Gasteiger partial charge is 0.313 e. The first-order valence-corrected chi connectivity index (χ1v) is 6.23. The van der Waals surface area contributed by atoms with Crippen molar-refractivity contribution in [2.75, 3.05) is 0 Å². The maximum Gasteiger partial charge on any atom is 0.313 e. The molecule has 0 amide bonds. The van der Waals surface area contributed by atoms with E-state index >= 15 is 0 Å². The minimum absolute atomic E-state index is 0.130. The lowest BCUT2D eigenvalue weighted by Gasteiger charge is -2.03. The van der Waals surface area contributed by atoms with Crippen LogP contribution in [0.4, 0.5) is 5.69 Å². The minimum Gasteiger partial charge on any atom is -0.300 e. The Morgan fingerprint density at radius 3 is 2.50 bits per heavy atom. The van der Waals surface area contributed by atoms with Crippen molar-refractivity contribution in [2.24, 2.45) is 0 Å². The maximum absolute atomic E-state index is 11.1. The highest BCUT2D eigenvalue weighted by molar-refractivity contribution is 5.75. The molecule has 0 radical (unpaired) electrons. The fourth-order valence-corrected chi connectivity index (χ4v) is 2.00.